The van der Waals surface area contributed by atoms with Gasteiger partial charge in [-0.2, -0.15) is 16.3 Å². The van der Waals surface area contributed by atoms with Gasteiger partial charge in [0.05, 0.1) is 23.2 Å². The van der Waals surface area contributed by atoms with Crippen molar-refractivity contribution in [2.75, 3.05) is 0 Å². The highest BCUT2D eigenvalue weighted by atomic mass is 32.2. The summed E-state index contributed by atoms with van der Waals surface area (Å²) in [6.07, 6.45) is 3.46. The maximum atomic E-state index is 13.2. The Bertz CT molecular complexity index is 1350. The summed E-state index contributed by atoms with van der Waals surface area (Å²) in [5.74, 6) is 1.46. The van der Waals surface area contributed by atoms with Crippen molar-refractivity contribution in [3.8, 4) is 11.4 Å². The summed E-state index contributed by atoms with van der Waals surface area (Å²) in [6.45, 7) is 0.386. The molecule has 1 aromatic carbocycles. The molecule has 0 aliphatic rings. The number of hydrogen-bond donors (Lipinski definition) is 0. The average Bonchev–Trinajstić information content (AvgIpc) is 3.47. The van der Waals surface area contributed by atoms with Crippen LogP contribution in [0.15, 0.2) is 80.1 Å². The van der Waals surface area contributed by atoms with E-state index in [4.69, 9.17) is 9.51 Å². The van der Waals surface area contributed by atoms with Gasteiger partial charge in [0, 0.05) is 23.3 Å². The summed E-state index contributed by atoms with van der Waals surface area (Å²) in [7, 11) is 0. The maximum absolute atomic E-state index is 13.2. The third kappa shape index (κ3) is 3.77. The molecular formula is C21H15N5O2S2. The molecule has 9 heteroatoms. The fraction of sp³-hybridized carbons (Fsp3) is 0.0952. The number of pyridine rings is 1. The zero-order valence-electron chi connectivity index (χ0n) is 15.6. The molecule has 0 atom stereocenters. The van der Waals surface area contributed by atoms with Crippen molar-refractivity contribution < 1.29 is 4.52 Å². The molecule has 0 saturated carbocycles. The van der Waals surface area contributed by atoms with Crippen LogP contribution in [-0.4, -0.2) is 24.7 Å². The Kier molecular flexibility index (Phi) is 5.12. The average molecular weight is 434 g/mol. The van der Waals surface area contributed by atoms with Gasteiger partial charge in [0.2, 0.25) is 11.7 Å². The second-order valence-electron chi connectivity index (χ2n) is 6.48. The number of benzene rings is 1. The lowest BCUT2D eigenvalue weighted by molar-refractivity contribution is 0.391. The molecule has 30 heavy (non-hydrogen) atoms. The first-order valence-electron chi connectivity index (χ1n) is 9.14. The highest BCUT2D eigenvalue weighted by molar-refractivity contribution is 7.98. The van der Waals surface area contributed by atoms with Crippen LogP contribution in [-0.2, 0) is 12.3 Å². The smallest absolute Gasteiger partial charge is 0.262 e. The zero-order chi connectivity index (χ0) is 20.3. The van der Waals surface area contributed by atoms with Crippen LogP contribution < -0.4 is 5.56 Å². The van der Waals surface area contributed by atoms with Crippen molar-refractivity contribution in [2.45, 2.75) is 17.5 Å². The Balaban J connectivity index is 1.48. The summed E-state index contributed by atoms with van der Waals surface area (Å²) in [5.41, 5.74) is 2.43. The van der Waals surface area contributed by atoms with Crippen molar-refractivity contribution in [1.29, 1.82) is 0 Å². The number of rotatable bonds is 6. The Labute approximate surface area is 179 Å². The van der Waals surface area contributed by atoms with Gasteiger partial charge in [-0.25, -0.2) is 4.98 Å². The standard InChI is InChI=1S/C21H15N5O2S2/c27-20-16-5-1-2-6-17(16)23-21(26(20)11-14-4-3-8-22-10-14)30-13-18-24-19(25-28-18)15-7-9-29-12-15/h1-10,12H,11,13H2. The van der Waals surface area contributed by atoms with Crippen LogP contribution in [0.2, 0.25) is 0 Å². The second kappa shape index (κ2) is 8.21. The molecule has 0 unspecified atom stereocenters. The van der Waals surface area contributed by atoms with Crippen molar-refractivity contribution in [3.63, 3.8) is 0 Å². The molecule has 0 radical (unpaired) electrons. The van der Waals surface area contributed by atoms with Crippen molar-refractivity contribution in [1.82, 2.24) is 24.7 Å². The molecule has 0 N–H and O–H groups in total. The van der Waals surface area contributed by atoms with Crippen LogP contribution in [0.25, 0.3) is 22.3 Å². The Morgan fingerprint density at radius 3 is 2.87 bits per heavy atom. The van der Waals surface area contributed by atoms with Crippen LogP contribution in [0.4, 0.5) is 0 Å². The molecule has 0 saturated heterocycles. The van der Waals surface area contributed by atoms with E-state index in [2.05, 4.69) is 15.1 Å². The largest absolute Gasteiger partial charge is 0.338 e. The molecule has 5 aromatic rings. The van der Waals surface area contributed by atoms with E-state index in [0.29, 0.717) is 40.1 Å². The number of fused-ring (bicyclic) bond motifs is 1. The highest BCUT2D eigenvalue weighted by Gasteiger charge is 2.15. The number of thioether (sulfide) groups is 1. The van der Waals surface area contributed by atoms with Crippen LogP contribution in [0.1, 0.15) is 11.5 Å². The van der Waals surface area contributed by atoms with Gasteiger partial charge in [0.15, 0.2) is 5.16 Å². The Hall–Kier alpha value is -3.30. The van der Waals surface area contributed by atoms with Gasteiger partial charge in [0.1, 0.15) is 0 Å². The van der Waals surface area contributed by atoms with E-state index >= 15 is 0 Å². The minimum atomic E-state index is -0.0866. The number of hydrogen-bond acceptors (Lipinski definition) is 8. The molecule has 0 amide bonds. The van der Waals surface area contributed by atoms with Crippen LogP contribution in [0.3, 0.4) is 0 Å². The monoisotopic (exact) mass is 433 g/mol. The molecule has 0 spiro atoms. The van der Waals surface area contributed by atoms with E-state index in [1.54, 1.807) is 34.4 Å². The molecule has 0 aliphatic heterocycles. The Morgan fingerprint density at radius 1 is 1.10 bits per heavy atom. The number of para-hydroxylation sites is 1. The third-order valence-electron chi connectivity index (χ3n) is 4.46. The van der Waals surface area contributed by atoms with Gasteiger partial charge in [-0.15, -0.1) is 0 Å². The van der Waals surface area contributed by atoms with E-state index in [1.807, 2.05) is 47.2 Å². The quantitative estimate of drug-likeness (QED) is 0.292. The molecular weight excluding hydrogens is 418 g/mol. The van der Waals surface area contributed by atoms with Crippen molar-refractivity contribution in [3.05, 3.63) is 87.4 Å². The van der Waals surface area contributed by atoms with Crippen molar-refractivity contribution in [2.24, 2.45) is 0 Å². The highest BCUT2D eigenvalue weighted by Crippen LogP contribution is 2.24. The van der Waals surface area contributed by atoms with Gasteiger partial charge >= 0.3 is 0 Å². The molecule has 0 fully saturated rings. The second-order valence-corrected chi connectivity index (χ2v) is 8.20. The van der Waals surface area contributed by atoms with Gasteiger partial charge in [-0.05, 0) is 35.2 Å². The fourth-order valence-corrected chi connectivity index (χ4v) is 4.49. The zero-order valence-corrected chi connectivity index (χ0v) is 17.3. The topological polar surface area (TPSA) is 86.7 Å². The van der Waals surface area contributed by atoms with E-state index in [0.717, 1.165) is 11.1 Å². The van der Waals surface area contributed by atoms with Gasteiger partial charge in [-0.1, -0.05) is 35.1 Å². The van der Waals surface area contributed by atoms with E-state index in [9.17, 15) is 4.79 Å². The summed E-state index contributed by atoms with van der Waals surface area (Å²) in [5, 5.41) is 9.16. The Morgan fingerprint density at radius 2 is 2.03 bits per heavy atom. The maximum Gasteiger partial charge on any atom is 0.262 e. The van der Waals surface area contributed by atoms with Gasteiger partial charge in [0.25, 0.3) is 5.56 Å². The molecule has 0 aliphatic carbocycles. The summed E-state index contributed by atoms with van der Waals surface area (Å²) < 4.78 is 7.05. The first kappa shape index (κ1) is 18.7. The molecule has 4 heterocycles. The summed E-state index contributed by atoms with van der Waals surface area (Å²) >= 11 is 2.98. The van der Waals surface area contributed by atoms with Crippen molar-refractivity contribution >= 4 is 34.0 Å². The predicted molar refractivity (Wildman–Crippen MR) is 117 cm³/mol. The van der Waals surface area contributed by atoms with E-state index in [-0.39, 0.29) is 5.56 Å². The fourth-order valence-electron chi connectivity index (χ4n) is 3.02. The minimum Gasteiger partial charge on any atom is -0.338 e. The lowest BCUT2D eigenvalue weighted by atomic mass is 10.2. The third-order valence-corrected chi connectivity index (χ3v) is 6.11. The molecule has 7 nitrogen and oxygen atoms in total. The number of nitrogens with zero attached hydrogens (tertiary/aromatic N) is 5. The normalized spacial score (nSPS) is 11.2. The lowest BCUT2D eigenvalue weighted by Gasteiger charge is -2.12. The summed E-state index contributed by atoms with van der Waals surface area (Å²) in [6, 6.07) is 13.1. The minimum absolute atomic E-state index is 0.0866. The molecule has 4 aromatic heterocycles. The summed E-state index contributed by atoms with van der Waals surface area (Å²) in [4.78, 5) is 26.5. The molecule has 0 bridgehead atoms. The predicted octanol–water partition coefficient (Wildman–Crippen LogP) is 4.24. The van der Waals surface area contributed by atoms with E-state index in [1.165, 1.54) is 11.8 Å². The number of aromatic nitrogens is 5. The van der Waals surface area contributed by atoms with Crippen LogP contribution >= 0.6 is 23.1 Å². The van der Waals surface area contributed by atoms with Gasteiger partial charge < -0.3 is 4.52 Å². The SMILES string of the molecule is O=c1c2ccccc2nc(SCc2nc(-c3ccsc3)no2)n1Cc1cccnc1. The van der Waals surface area contributed by atoms with E-state index < -0.39 is 0 Å². The van der Waals surface area contributed by atoms with Gasteiger partial charge in [-0.3, -0.25) is 14.3 Å². The van der Waals surface area contributed by atoms with Crippen LogP contribution in [0.5, 0.6) is 0 Å². The van der Waals surface area contributed by atoms with Crippen LogP contribution in [0, 0.1) is 0 Å². The molecule has 148 valence electrons. The first-order valence-corrected chi connectivity index (χ1v) is 11.1. The lowest BCUT2D eigenvalue weighted by Crippen LogP contribution is -2.24. The first-order chi connectivity index (χ1) is 14.8. The number of thiophene rings is 1. The molecule has 5 rings (SSSR count).